The number of aliphatic carboxylic acids is 1. The normalized spacial score (nSPS) is 21.6. The van der Waals surface area contributed by atoms with Gasteiger partial charge in [0.05, 0.1) is 24.5 Å². The Balaban J connectivity index is 1.67. The van der Waals surface area contributed by atoms with Crippen molar-refractivity contribution in [2.75, 3.05) is 13.2 Å². The summed E-state index contributed by atoms with van der Waals surface area (Å²) in [4.78, 5) is 16.4. The van der Waals surface area contributed by atoms with Crippen molar-refractivity contribution < 1.29 is 24.9 Å². The molecule has 0 saturated heterocycles. The van der Waals surface area contributed by atoms with E-state index in [0.29, 0.717) is 5.69 Å². The van der Waals surface area contributed by atoms with Crippen LogP contribution in [0.15, 0.2) is 66.8 Å². The van der Waals surface area contributed by atoms with E-state index >= 15 is 0 Å². The number of aryl methyl sites for hydroxylation is 1. The van der Waals surface area contributed by atoms with Crippen LogP contribution in [0.2, 0.25) is 0 Å². The lowest BCUT2D eigenvalue weighted by molar-refractivity contribution is -0.149. The second-order valence-corrected chi connectivity index (χ2v) is 9.22. The summed E-state index contributed by atoms with van der Waals surface area (Å²) in [5.41, 5.74) is 0.170. The molecule has 0 bridgehead atoms. The van der Waals surface area contributed by atoms with Crippen LogP contribution in [0, 0.1) is 23.7 Å². The Morgan fingerprint density at radius 1 is 1.23 bits per heavy atom. The Kier molecular flexibility index (Phi) is 8.20. The summed E-state index contributed by atoms with van der Waals surface area (Å²) in [6.07, 6.45) is 1.50. The zero-order valence-corrected chi connectivity index (χ0v) is 20.0. The number of carboxylic acids is 1. The third-order valence-corrected chi connectivity index (χ3v) is 6.09. The van der Waals surface area contributed by atoms with Crippen LogP contribution in [0.1, 0.15) is 36.9 Å². The van der Waals surface area contributed by atoms with E-state index in [-0.39, 0.29) is 13.2 Å². The number of β-amino-alcohol motifs (C(OH)–C–C–N with tert-alkyl or cyclic N) is 1. The number of carboxylic acid groups (broad SMARTS) is 1. The van der Waals surface area contributed by atoms with Gasteiger partial charge in [0.25, 0.3) is 0 Å². The van der Waals surface area contributed by atoms with Crippen LogP contribution in [-0.4, -0.2) is 57.2 Å². The lowest BCUT2D eigenvalue weighted by atomic mass is 9.77. The highest BCUT2D eigenvalue weighted by molar-refractivity contribution is 5.87. The molecule has 0 amide bonds. The first-order valence-electron chi connectivity index (χ1n) is 11.4. The molecule has 1 heterocycles. The van der Waals surface area contributed by atoms with Gasteiger partial charge in [-0.2, -0.15) is 5.26 Å². The molecule has 8 nitrogen and oxygen atoms in total. The molecule has 1 aromatic heterocycles. The Labute approximate surface area is 205 Å². The summed E-state index contributed by atoms with van der Waals surface area (Å²) < 4.78 is 5.79. The van der Waals surface area contributed by atoms with Crippen LogP contribution in [0.4, 0.5) is 0 Å². The fourth-order valence-corrected chi connectivity index (χ4v) is 3.85. The number of nitrogens with one attached hydrogen (secondary N) is 1. The highest BCUT2D eigenvalue weighted by Gasteiger charge is 2.46. The number of ether oxygens (including phenoxy) is 1. The zero-order chi connectivity index (χ0) is 25.6. The summed E-state index contributed by atoms with van der Waals surface area (Å²) in [5, 5.41) is 43.9. The first kappa shape index (κ1) is 26.3. The third kappa shape index (κ3) is 6.02. The topological polar surface area (TPSA) is 136 Å². The quantitative estimate of drug-likeness (QED) is 0.410. The fraction of sp³-hybridized carbons (Fsp3) is 0.370. The molecular formula is C27H31N3O5. The number of aliphatic hydroxyl groups excluding tert-OH is 2. The minimum Gasteiger partial charge on any atom is -0.480 e. The molecule has 1 aromatic carbocycles. The molecule has 2 aromatic rings. The van der Waals surface area contributed by atoms with Crippen molar-refractivity contribution in [3.8, 4) is 6.07 Å². The van der Waals surface area contributed by atoms with E-state index in [4.69, 9.17) is 4.74 Å². The van der Waals surface area contributed by atoms with Crippen molar-refractivity contribution in [2.24, 2.45) is 5.41 Å². The molecule has 8 heteroatoms. The summed E-state index contributed by atoms with van der Waals surface area (Å²) in [7, 11) is 0. The number of benzene rings is 1. The predicted octanol–water partition coefficient (Wildman–Crippen LogP) is 2.79. The molecule has 0 aliphatic heterocycles. The first-order chi connectivity index (χ1) is 16.6. The Bertz CT molecular complexity index is 1140. The number of allylic oxidation sites excluding steroid dienone is 2. The van der Waals surface area contributed by atoms with Crippen molar-refractivity contribution in [3.05, 3.63) is 83.7 Å². The van der Waals surface area contributed by atoms with Gasteiger partial charge in [-0.1, -0.05) is 42.5 Å². The lowest BCUT2D eigenvalue weighted by Gasteiger charge is -2.33. The van der Waals surface area contributed by atoms with Gasteiger partial charge in [-0.3, -0.25) is 9.78 Å². The van der Waals surface area contributed by atoms with E-state index in [1.165, 1.54) is 6.08 Å². The molecule has 1 aliphatic rings. The Morgan fingerprint density at radius 2 is 1.94 bits per heavy atom. The maximum Gasteiger partial charge on any atom is 0.331 e. The molecule has 4 atom stereocenters. The molecule has 1 aliphatic carbocycles. The maximum atomic E-state index is 12.0. The molecule has 0 radical (unpaired) electrons. The summed E-state index contributed by atoms with van der Waals surface area (Å²) in [6.45, 7) is 5.28. The molecule has 184 valence electrons. The summed E-state index contributed by atoms with van der Waals surface area (Å²) >= 11 is 0. The second-order valence-electron chi connectivity index (χ2n) is 9.22. The van der Waals surface area contributed by atoms with E-state index in [2.05, 4.69) is 10.3 Å². The minimum absolute atomic E-state index is 0.0698. The highest BCUT2D eigenvalue weighted by Crippen LogP contribution is 2.35. The minimum atomic E-state index is -1.91. The van der Waals surface area contributed by atoms with Crippen LogP contribution in [-0.2, 0) is 9.53 Å². The average Bonchev–Trinajstić information content (AvgIpc) is 2.86. The monoisotopic (exact) mass is 477 g/mol. The van der Waals surface area contributed by atoms with E-state index in [0.717, 1.165) is 16.8 Å². The Morgan fingerprint density at radius 3 is 2.57 bits per heavy atom. The number of hydrogen-bond acceptors (Lipinski definition) is 7. The van der Waals surface area contributed by atoms with Gasteiger partial charge < -0.3 is 25.4 Å². The van der Waals surface area contributed by atoms with Gasteiger partial charge in [-0.15, -0.1) is 0 Å². The van der Waals surface area contributed by atoms with E-state index in [1.807, 2.05) is 55.5 Å². The number of aliphatic hydroxyl groups is 2. The molecule has 3 unspecified atom stereocenters. The summed E-state index contributed by atoms with van der Waals surface area (Å²) in [5.74, 6) is -1.33. The standard InChI is InChI=1S/C27H31N3O5/c1-18-8-7-11-22(30-18)24(32)26(2,3)29-15-21(31)16-35-23-14-20(19-9-5-4-6-10-19)12-13-27(23,17-28)25(33)34/h4-14,21,23-24,29,31-32H,15-16H2,1-3H3,(H,33,34)/t21-,23?,24?,27?/m1/s1. The fourth-order valence-electron chi connectivity index (χ4n) is 3.85. The van der Waals surface area contributed by atoms with Crippen LogP contribution in [0.25, 0.3) is 5.57 Å². The van der Waals surface area contributed by atoms with Crippen molar-refractivity contribution in [1.82, 2.24) is 10.3 Å². The molecule has 0 saturated carbocycles. The van der Waals surface area contributed by atoms with Gasteiger partial charge in [-0.05, 0) is 56.2 Å². The largest absolute Gasteiger partial charge is 0.480 e. The second kappa shape index (κ2) is 10.9. The molecule has 0 fully saturated rings. The molecular weight excluding hydrogens is 446 g/mol. The highest BCUT2D eigenvalue weighted by atomic mass is 16.5. The molecule has 4 N–H and O–H groups in total. The number of rotatable bonds is 10. The van der Waals surface area contributed by atoms with E-state index in [9.17, 15) is 25.4 Å². The first-order valence-corrected chi connectivity index (χ1v) is 11.4. The zero-order valence-electron chi connectivity index (χ0n) is 20.0. The average molecular weight is 478 g/mol. The summed E-state index contributed by atoms with van der Waals surface area (Å²) in [6, 6.07) is 16.6. The van der Waals surface area contributed by atoms with Crippen molar-refractivity contribution in [1.29, 1.82) is 5.26 Å². The van der Waals surface area contributed by atoms with Crippen LogP contribution < -0.4 is 5.32 Å². The third-order valence-electron chi connectivity index (χ3n) is 6.09. The van der Waals surface area contributed by atoms with Crippen LogP contribution in [0.3, 0.4) is 0 Å². The maximum absolute atomic E-state index is 12.0. The van der Waals surface area contributed by atoms with Crippen LogP contribution in [0.5, 0.6) is 0 Å². The van der Waals surface area contributed by atoms with Gasteiger partial charge in [-0.25, -0.2) is 0 Å². The van der Waals surface area contributed by atoms with Crippen molar-refractivity contribution in [3.63, 3.8) is 0 Å². The van der Waals surface area contributed by atoms with Crippen LogP contribution >= 0.6 is 0 Å². The lowest BCUT2D eigenvalue weighted by Crippen LogP contribution is -2.49. The number of pyridine rings is 1. The molecule has 35 heavy (non-hydrogen) atoms. The van der Waals surface area contributed by atoms with Gasteiger partial charge >= 0.3 is 5.97 Å². The SMILES string of the molecule is Cc1cccc(C(O)C(C)(C)NC[C@@H](O)COC2C=C(c3ccccc3)C=CC2(C#N)C(=O)O)n1. The van der Waals surface area contributed by atoms with Crippen molar-refractivity contribution >= 4 is 11.5 Å². The number of nitriles is 1. The number of hydrogen-bond donors (Lipinski definition) is 4. The van der Waals surface area contributed by atoms with E-state index < -0.39 is 35.2 Å². The van der Waals surface area contributed by atoms with Gasteiger partial charge in [0.15, 0.2) is 0 Å². The molecule has 3 rings (SSSR count). The van der Waals surface area contributed by atoms with Gasteiger partial charge in [0, 0.05) is 17.8 Å². The van der Waals surface area contributed by atoms with Gasteiger partial charge in [0.2, 0.25) is 5.41 Å². The molecule has 0 spiro atoms. The van der Waals surface area contributed by atoms with Crippen molar-refractivity contribution in [2.45, 2.75) is 44.6 Å². The van der Waals surface area contributed by atoms with Gasteiger partial charge in [0.1, 0.15) is 12.2 Å². The number of nitrogens with zero attached hydrogens (tertiary/aromatic N) is 2. The van der Waals surface area contributed by atoms with E-state index in [1.54, 1.807) is 32.1 Å². The number of carbonyl (C=O) groups is 1. The number of aromatic nitrogens is 1. The smallest absolute Gasteiger partial charge is 0.331 e. The predicted molar refractivity (Wildman–Crippen MR) is 131 cm³/mol. The Hall–Kier alpha value is -3.35.